The van der Waals surface area contributed by atoms with Crippen molar-refractivity contribution in [1.29, 1.82) is 0 Å². The van der Waals surface area contributed by atoms with Crippen molar-refractivity contribution < 1.29 is 14.6 Å². The molecule has 3 aromatic rings. The number of ether oxygens (including phenoxy) is 1. The van der Waals surface area contributed by atoms with E-state index in [-0.39, 0.29) is 18.6 Å². The lowest BCUT2D eigenvalue weighted by atomic mass is 10.1. The number of aliphatic hydroxyl groups excluding tert-OH is 1. The Morgan fingerprint density at radius 2 is 2.28 bits per heavy atom. The molecule has 0 radical (unpaired) electrons. The smallest absolute Gasteiger partial charge is 0.253 e. The van der Waals surface area contributed by atoms with Crippen LogP contribution in [0.1, 0.15) is 40.4 Å². The Bertz CT molecular complexity index is 1080. The molecule has 2 aromatic heterocycles. The van der Waals surface area contributed by atoms with E-state index in [2.05, 4.69) is 20.6 Å². The quantitative estimate of drug-likeness (QED) is 0.505. The van der Waals surface area contributed by atoms with Crippen molar-refractivity contribution in [1.82, 2.24) is 19.9 Å². The van der Waals surface area contributed by atoms with E-state index in [0.717, 1.165) is 30.6 Å². The van der Waals surface area contributed by atoms with Gasteiger partial charge in [-0.05, 0) is 43.5 Å². The van der Waals surface area contributed by atoms with Crippen LogP contribution in [-0.2, 0) is 4.74 Å². The van der Waals surface area contributed by atoms with E-state index in [9.17, 15) is 9.90 Å². The van der Waals surface area contributed by atoms with Gasteiger partial charge in [0.1, 0.15) is 5.82 Å². The molecule has 1 fully saturated rings. The number of nitrogens with zero attached hydrogens (tertiary/aromatic N) is 3. The van der Waals surface area contributed by atoms with Gasteiger partial charge in [-0.3, -0.25) is 4.79 Å². The van der Waals surface area contributed by atoms with E-state index in [1.54, 1.807) is 47.4 Å². The number of carbonyl (C=O) groups excluding carboxylic acids is 1. The summed E-state index contributed by atoms with van der Waals surface area (Å²) >= 11 is 6.04. The summed E-state index contributed by atoms with van der Waals surface area (Å²) in [6, 6.07) is 8.41. The number of aliphatic hydroxyl groups is 1. The zero-order valence-corrected chi connectivity index (χ0v) is 18.5. The minimum atomic E-state index is -0.557. The number of nitrogens with one attached hydrogen (secondary N) is 2. The Labute approximate surface area is 191 Å². The van der Waals surface area contributed by atoms with Gasteiger partial charge >= 0.3 is 0 Å². The van der Waals surface area contributed by atoms with Gasteiger partial charge in [-0.1, -0.05) is 23.7 Å². The lowest BCUT2D eigenvalue weighted by Crippen LogP contribution is -2.31. The van der Waals surface area contributed by atoms with E-state index in [1.807, 2.05) is 13.0 Å². The summed E-state index contributed by atoms with van der Waals surface area (Å²) in [5, 5.41) is 16.5. The molecule has 2 atom stereocenters. The van der Waals surface area contributed by atoms with Crippen molar-refractivity contribution in [3.8, 4) is 5.82 Å². The lowest BCUT2D eigenvalue weighted by molar-refractivity contribution is 0.0874. The molecule has 9 heteroatoms. The second-order valence-corrected chi connectivity index (χ2v) is 8.27. The van der Waals surface area contributed by atoms with E-state index in [1.165, 1.54) is 0 Å². The van der Waals surface area contributed by atoms with Crippen LogP contribution in [0.2, 0.25) is 5.02 Å². The Morgan fingerprint density at radius 1 is 1.41 bits per heavy atom. The van der Waals surface area contributed by atoms with Crippen LogP contribution in [0.5, 0.6) is 0 Å². The van der Waals surface area contributed by atoms with Crippen LogP contribution >= 0.6 is 11.6 Å². The average molecular weight is 456 g/mol. The first kappa shape index (κ1) is 22.3. The summed E-state index contributed by atoms with van der Waals surface area (Å²) in [7, 11) is 0. The third-order valence-electron chi connectivity index (χ3n) is 5.38. The van der Waals surface area contributed by atoms with Crippen LogP contribution in [0.15, 0.2) is 48.9 Å². The summed E-state index contributed by atoms with van der Waals surface area (Å²) in [6.07, 6.45) is 7.28. The van der Waals surface area contributed by atoms with Crippen LogP contribution in [0.3, 0.4) is 0 Å². The number of hydrogen-bond acceptors (Lipinski definition) is 6. The van der Waals surface area contributed by atoms with Gasteiger partial charge in [0.2, 0.25) is 5.95 Å². The van der Waals surface area contributed by atoms with Crippen molar-refractivity contribution in [3.63, 3.8) is 0 Å². The molecule has 0 aliphatic carbocycles. The molecule has 0 spiro atoms. The number of benzene rings is 1. The number of aromatic nitrogens is 3. The number of halogens is 1. The predicted octanol–water partition coefficient (Wildman–Crippen LogP) is 3.28. The van der Waals surface area contributed by atoms with Gasteiger partial charge in [0.15, 0.2) is 0 Å². The Kier molecular flexibility index (Phi) is 7.04. The fourth-order valence-corrected chi connectivity index (χ4v) is 3.86. The Morgan fingerprint density at radius 3 is 3.03 bits per heavy atom. The highest BCUT2D eigenvalue weighted by Gasteiger charge is 2.18. The molecule has 0 bridgehead atoms. The van der Waals surface area contributed by atoms with Gasteiger partial charge in [0.05, 0.1) is 30.9 Å². The van der Waals surface area contributed by atoms with Gasteiger partial charge in [-0.25, -0.2) is 4.98 Å². The fraction of sp³-hybridized carbons (Fsp3) is 0.348. The number of amides is 1. The van der Waals surface area contributed by atoms with E-state index in [4.69, 9.17) is 16.3 Å². The number of aryl methyl sites for hydroxylation is 1. The third kappa shape index (κ3) is 5.27. The van der Waals surface area contributed by atoms with Crippen molar-refractivity contribution in [3.05, 3.63) is 70.6 Å². The second kappa shape index (κ2) is 10.1. The summed E-state index contributed by atoms with van der Waals surface area (Å²) in [5.41, 5.74) is 2.07. The van der Waals surface area contributed by atoms with Gasteiger partial charge in [0, 0.05) is 35.8 Å². The maximum absolute atomic E-state index is 12.8. The topological polar surface area (TPSA) is 101 Å². The molecule has 1 aliphatic heterocycles. The summed E-state index contributed by atoms with van der Waals surface area (Å²) in [5.74, 6) is 0.918. The predicted molar refractivity (Wildman–Crippen MR) is 122 cm³/mol. The minimum Gasteiger partial charge on any atom is -0.394 e. The first-order valence-electron chi connectivity index (χ1n) is 10.6. The van der Waals surface area contributed by atoms with Gasteiger partial charge < -0.3 is 25.0 Å². The maximum Gasteiger partial charge on any atom is 0.253 e. The largest absolute Gasteiger partial charge is 0.394 e. The summed E-state index contributed by atoms with van der Waals surface area (Å²) < 4.78 is 7.30. The first-order valence-corrected chi connectivity index (χ1v) is 10.9. The Balaban J connectivity index is 1.49. The lowest BCUT2D eigenvalue weighted by Gasteiger charge is -2.23. The Hall–Kier alpha value is -2.94. The van der Waals surface area contributed by atoms with Gasteiger partial charge in [-0.15, -0.1) is 0 Å². The van der Waals surface area contributed by atoms with Crippen molar-refractivity contribution in [2.24, 2.45) is 0 Å². The molecule has 1 aliphatic rings. The highest BCUT2D eigenvalue weighted by Crippen LogP contribution is 2.20. The SMILES string of the molecule is Cc1cnc(NC2CCCOC2)nc1-n1ccc(C(=O)N[C@H](CO)c2cccc(Cl)c2)c1. The summed E-state index contributed by atoms with van der Waals surface area (Å²) in [4.78, 5) is 21.8. The average Bonchev–Trinajstić information content (AvgIpc) is 3.29. The molecule has 0 saturated carbocycles. The van der Waals surface area contributed by atoms with E-state index < -0.39 is 6.04 Å². The third-order valence-corrected chi connectivity index (χ3v) is 5.61. The van der Waals surface area contributed by atoms with Gasteiger partial charge in [-0.2, -0.15) is 4.98 Å². The van der Waals surface area contributed by atoms with Crippen molar-refractivity contribution in [2.45, 2.75) is 31.8 Å². The molecule has 3 heterocycles. The second-order valence-electron chi connectivity index (χ2n) is 7.83. The monoisotopic (exact) mass is 455 g/mol. The minimum absolute atomic E-state index is 0.187. The normalized spacial score (nSPS) is 17.0. The molecule has 3 N–H and O–H groups in total. The molecule has 4 rings (SSSR count). The summed E-state index contributed by atoms with van der Waals surface area (Å²) in [6.45, 7) is 3.11. The van der Waals surface area contributed by atoms with E-state index >= 15 is 0 Å². The first-order chi connectivity index (χ1) is 15.5. The maximum atomic E-state index is 12.8. The number of anilines is 1. The van der Waals surface area contributed by atoms with Crippen LogP contribution in [0.4, 0.5) is 5.95 Å². The van der Waals surface area contributed by atoms with Crippen LogP contribution in [0.25, 0.3) is 5.82 Å². The van der Waals surface area contributed by atoms with Crippen LogP contribution < -0.4 is 10.6 Å². The zero-order valence-electron chi connectivity index (χ0n) is 17.8. The number of hydrogen-bond donors (Lipinski definition) is 3. The highest BCUT2D eigenvalue weighted by atomic mass is 35.5. The van der Waals surface area contributed by atoms with Crippen molar-refractivity contribution >= 4 is 23.5 Å². The molecular weight excluding hydrogens is 430 g/mol. The van der Waals surface area contributed by atoms with Crippen molar-refractivity contribution in [2.75, 3.05) is 25.1 Å². The molecule has 1 saturated heterocycles. The molecular formula is C23H26ClN5O3. The molecule has 1 unspecified atom stereocenters. The van der Waals surface area contributed by atoms with Crippen LogP contribution in [0, 0.1) is 6.92 Å². The highest BCUT2D eigenvalue weighted by molar-refractivity contribution is 6.30. The zero-order chi connectivity index (χ0) is 22.5. The van der Waals surface area contributed by atoms with Crippen LogP contribution in [-0.4, -0.2) is 51.4 Å². The molecule has 168 valence electrons. The standard InChI is InChI=1S/C23H26ClN5O3/c1-15-11-25-23(26-19-6-3-9-32-14-19)28-21(15)29-8-7-17(12-29)22(31)27-20(13-30)16-4-2-5-18(24)10-16/h2,4-5,7-8,10-12,19-20,30H,3,6,9,13-14H2,1H3,(H,27,31)(H,25,26,28)/t19?,20-/m1/s1. The molecule has 1 aromatic carbocycles. The fourth-order valence-electron chi connectivity index (χ4n) is 3.66. The molecule has 32 heavy (non-hydrogen) atoms. The number of rotatable bonds is 7. The van der Waals surface area contributed by atoms with E-state index in [0.29, 0.717) is 29.0 Å². The molecule has 1 amide bonds. The van der Waals surface area contributed by atoms with Gasteiger partial charge in [0.25, 0.3) is 5.91 Å². The molecule has 8 nitrogen and oxygen atoms in total. The number of carbonyl (C=O) groups is 1.